The fourth-order valence-electron chi connectivity index (χ4n) is 3.47. The topological polar surface area (TPSA) is 78.4 Å². The molecule has 1 fully saturated rings. The van der Waals surface area contributed by atoms with Crippen LogP contribution in [-0.4, -0.2) is 35.6 Å². The maximum absolute atomic E-state index is 12.5. The van der Waals surface area contributed by atoms with Gasteiger partial charge in [-0.2, -0.15) is 0 Å². The van der Waals surface area contributed by atoms with Crippen molar-refractivity contribution in [3.8, 4) is 0 Å². The number of carbonyl (C=O) groups is 2. The predicted octanol–water partition coefficient (Wildman–Crippen LogP) is 2.89. The molecule has 1 aliphatic rings. The van der Waals surface area contributed by atoms with Gasteiger partial charge >= 0.3 is 0 Å². The average Bonchev–Trinajstić information content (AvgIpc) is 2.61. The summed E-state index contributed by atoms with van der Waals surface area (Å²) in [6, 6.07) is 6.80. The molecule has 3 N–H and O–H groups in total. The van der Waals surface area contributed by atoms with Crippen LogP contribution < -0.4 is 10.6 Å². The molecule has 1 saturated carbocycles. The lowest BCUT2D eigenvalue weighted by molar-refractivity contribution is 0.0896. The van der Waals surface area contributed by atoms with Crippen LogP contribution in [0.25, 0.3) is 0 Å². The van der Waals surface area contributed by atoms with E-state index in [2.05, 4.69) is 10.6 Å². The molecular formula is C20H30N2O3. The predicted molar refractivity (Wildman–Crippen MR) is 98.6 cm³/mol. The minimum atomic E-state index is -0.139. The van der Waals surface area contributed by atoms with E-state index in [1.54, 1.807) is 24.3 Å². The lowest BCUT2D eigenvalue weighted by Crippen LogP contribution is -2.41. The summed E-state index contributed by atoms with van der Waals surface area (Å²) in [7, 11) is 0. The minimum absolute atomic E-state index is 0.0155. The first-order valence-corrected chi connectivity index (χ1v) is 9.34. The third-order valence-corrected chi connectivity index (χ3v) is 4.80. The van der Waals surface area contributed by atoms with E-state index in [4.69, 9.17) is 0 Å². The number of aliphatic hydroxyl groups excluding tert-OH is 1. The van der Waals surface area contributed by atoms with Crippen molar-refractivity contribution in [3.63, 3.8) is 0 Å². The summed E-state index contributed by atoms with van der Waals surface area (Å²) in [6.45, 7) is 3.90. The van der Waals surface area contributed by atoms with Gasteiger partial charge in [-0.05, 0) is 63.3 Å². The quantitative estimate of drug-likeness (QED) is 0.710. The third kappa shape index (κ3) is 5.85. The molecule has 0 spiro atoms. The molecule has 2 rings (SSSR count). The van der Waals surface area contributed by atoms with Crippen molar-refractivity contribution in [1.82, 2.24) is 10.6 Å². The van der Waals surface area contributed by atoms with Gasteiger partial charge in [0.05, 0.1) is 0 Å². The van der Waals surface area contributed by atoms with Crippen LogP contribution in [0.4, 0.5) is 0 Å². The second kappa shape index (κ2) is 9.56. The van der Waals surface area contributed by atoms with Crippen LogP contribution in [0.5, 0.6) is 0 Å². The van der Waals surface area contributed by atoms with Crippen molar-refractivity contribution in [2.75, 3.05) is 6.61 Å². The summed E-state index contributed by atoms with van der Waals surface area (Å²) in [5.74, 6) is 0.170. The summed E-state index contributed by atoms with van der Waals surface area (Å²) < 4.78 is 0. The number of amides is 2. The lowest BCUT2D eigenvalue weighted by Gasteiger charge is -2.30. The van der Waals surface area contributed by atoms with Gasteiger partial charge in [-0.3, -0.25) is 9.59 Å². The highest BCUT2D eigenvalue weighted by atomic mass is 16.3. The highest BCUT2D eigenvalue weighted by Gasteiger charge is 2.25. The first-order valence-electron chi connectivity index (χ1n) is 9.34. The molecule has 0 saturated heterocycles. The number of benzene rings is 1. The van der Waals surface area contributed by atoms with Gasteiger partial charge in [0.2, 0.25) is 0 Å². The highest BCUT2D eigenvalue weighted by molar-refractivity contribution is 5.98. The van der Waals surface area contributed by atoms with Gasteiger partial charge in [0.15, 0.2) is 0 Å². The number of nitrogens with one attached hydrogen (secondary N) is 2. The molecule has 0 aromatic heterocycles. The standard InChI is InChI=1S/C20H30N2O3/c1-14(2)21-19(24)16-8-10-17(11-9-16)20(25)22-18(12-13-23)15-6-4-3-5-7-15/h8-11,14-15,18,23H,3-7,12-13H2,1-2H3,(H,21,24)(H,22,25). The normalized spacial score (nSPS) is 16.5. The van der Waals surface area contributed by atoms with Crippen molar-refractivity contribution < 1.29 is 14.7 Å². The molecule has 138 valence electrons. The number of aliphatic hydroxyl groups is 1. The van der Waals surface area contributed by atoms with E-state index in [0.717, 1.165) is 12.8 Å². The minimum Gasteiger partial charge on any atom is -0.396 e. The van der Waals surface area contributed by atoms with Gasteiger partial charge in [-0.25, -0.2) is 0 Å². The molecule has 1 aromatic rings. The van der Waals surface area contributed by atoms with E-state index in [0.29, 0.717) is 23.5 Å². The summed E-state index contributed by atoms with van der Waals surface area (Å²) in [5.41, 5.74) is 1.09. The van der Waals surface area contributed by atoms with Gasteiger partial charge < -0.3 is 15.7 Å². The number of hydrogen-bond acceptors (Lipinski definition) is 3. The van der Waals surface area contributed by atoms with Gasteiger partial charge in [-0.1, -0.05) is 19.3 Å². The third-order valence-electron chi connectivity index (χ3n) is 4.80. The van der Waals surface area contributed by atoms with Crippen LogP contribution in [0.3, 0.4) is 0 Å². The molecule has 1 aliphatic carbocycles. The van der Waals surface area contributed by atoms with E-state index >= 15 is 0 Å². The Kier molecular flexibility index (Phi) is 7.44. The Balaban J connectivity index is 1.99. The van der Waals surface area contributed by atoms with Crippen LogP contribution in [0, 0.1) is 5.92 Å². The molecule has 25 heavy (non-hydrogen) atoms. The summed E-state index contributed by atoms with van der Waals surface area (Å²) >= 11 is 0. The van der Waals surface area contributed by atoms with Crippen LogP contribution in [0.2, 0.25) is 0 Å². The molecule has 5 nitrogen and oxygen atoms in total. The van der Waals surface area contributed by atoms with Crippen molar-refractivity contribution in [3.05, 3.63) is 35.4 Å². The van der Waals surface area contributed by atoms with E-state index in [1.165, 1.54) is 19.3 Å². The molecule has 0 bridgehead atoms. The summed E-state index contributed by atoms with van der Waals surface area (Å²) in [5, 5.41) is 15.2. The van der Waals surface area contributed by atoms with Crippen LogP contribution >= 0.6 is 0 Å². The van der Waals surface area contributed by atoms with Crippen molar-refractivity contribution >= 4 is 11.8 Å². The zero-order chi connectivity index (χ0) is 18.2. The fourth-order valence-corrected chi connectivity index (χ4v) is 3.47. The van der Waals surface area contributed by atoms with Crippen molar-refractivity contribution in [2.24, 2.45) is 5.92 Å². The molecular weight excluding hydrogens is 316 g/mol. The van der Waals surface area contributed by atoms with Crippen molar-refractivity contribution in [1.29, 1.82) is 0 Å². The Hall–Kier alpha value is -1.88. The summed E-state index contributed by atoms with van der Waals surface area (Å²) in [4.78, 5) is 24.5. The molecule has 0 radical (unpaired) electrons. The van der Waals surface area contributed by atoms with Crippen LogP contribution in [-0.2, 0) is 0 Å². The first-order chi connectivity index (χ1) is 12.0. The number of rotatable bonds is 7. The Bertz CT molecular complexity index is 563. The molecule has 1 atom stereocenters. The molecule has 0 aliphatic heterocycles. The molecule has 5 heteroatoms. The zero-order valence-electron chi connectivity index (χ0n) is 15.3. The molecule has 1 unspecified atom stereocenters. The Labute approximate surface area is 150 Å². The van der Waals surface area contributed by atoms with Gasteiger partial charge in [0, 0.05) is 29.8 Å². The maximum atomic E-state index is 12.5. The molecule has 0 heterocycles. The average molecular weight is 346 g/mol. The Morgan fingerprint density at radius 1 is 1.00 bits per heavy atom. The maximum Gasteiger partial charge on any atom is 0.251 e. The van der Waals surface area contributed by atoms with E-state index in [9.17, 15) is 14.7 Å². The lowest BCUT2D eigenvalue weighted by atomic mass is 9.82. The van der Waals surface area contributed by atoms with E-state index < -0.39 is 0 Å². The smallest absolute Gasteiger partial charge is 0.251 e. The van der Waals surface area contributed by atoms with Gasteiger partial charge in [-0.15, -0.1) is 0 Å². The SMILES string of the molecule is CC(C)NC(=O)c1ccc(C(=O)NC(CCO)C2CCCCC2)cc1. The van der Waals surface area contributed by atoms with Crippen molar-refractivity contribution in [2.45, 2.75) is 64.5 Å². The van der Waals surface area contributed by atoms with Gasteiger partial charge in [0.1, 0.15) is 0 Å². The second-order valence-electron chi connectivity index (χ2n) is 7.20. The number of hydrogen-bond donors (Lipinski definition) is 3. The highest BCUT2D eigenvalue weighted by Crippen LogP contribution is 2.28. The fraction of sp³-hybridized carbons (Fsp3) is 0.600. The van der Waals surface area contributed by atoms with E-state index in [1.807, 2.05) is 13.8 Å². The number of carbonyl (C=O) groups excluding carboxylic acids is 2. The monoisotopic (exact) mass is 346 g/mol. The van der Waals surface area contributed by atoms with E-state index in [-0.39, 0.29) is 30.5 Å². The largest absolute Gasteiger partial charge is 0.396 e. The Morgan fingerprint density at radius 2 is 1.52 bits per heavy atom. The molecule has 2 amide bonds. The second-order valence-corrected chi connectivity index (χ2v) is 7.20. The Morgan fingerprint density at radius 3 is 2.00 bits per heavy atom. The molecule has 1 aromatic carbocycles. The summed E-state index contributed by atoms with van der Waals surface area (Å²) in [6.07, 6.45) is 6.46. The first kappa shape index (κ1) is 19.4. The van der Waals surface area contributed by atoms with Gasteiger partial charge in [0.25, 0.3) is 11.8 Å². The zero-order valence-corrected chi connectivity index (χ0v) is 15.3. The van der Waals surface area contributed by atoms with Crippen LogP contribution in [0.1, 0.15) is 73.1 Å². The van der Waals surface area contributed by atoms with Crippen LogP contribution in [0.15, 0.2) is 24.3 Å².